The molecule has 14 nitrogen and oxygen atoms in total. The lowest BCUT2D eigenvalue weighted by atomic mass is 10.1. The van der Waals surface area contributed by atoms with E-state index < -0.39 is 73.9 Å². The van der Waals surface area contributed by atoms with Crippen molar-refractivity contribution in [1.82, 2.24) is 20.4 Å². The number of rotatable bonds is 5. The Balaban J connectivity index is 1.66. The molecule has 2 aliphatic heterocycles. The van der Waals surface area contributed by atoms with Crippen LogP contribution in [0.25, 0.3) is 0 Å². The molecule has 2 heterocycles. The molecule has 4 N–H and O–H groups in total. The van der Waals surface area contributed by atoms with E-state index in [-0.39, 0.29) is 31.2 Å². The van der Waals surface area contributed by atoms with Crippen LogP contribution in [0.1, 0.15) is 86.5 Å². The third-order valence-electron chi connectivity index (χ3n) is 8.50. The van der Waals surface area contributed by atoms with E-state index in [9.17, 15) is 32.7 Å². The first-order chi connectivity index (χ1) is 20.4. The lowest BCUT2D eigenvalue weighted by Gasteiger charge is -2.29. The van der Waals surface area contributed by atoms with Gasteiger partial charge in [-0.25, -0.2) is 18.6 Å². The summed E-state index contributed by atoms with van der Waals surface area (Å²) < 4.78 is 38.4. The maximum absolute atomic E-state index is 14.0. The quantitative estimate of drug-likeness (QED) is 0.253. The molecular formula is C29H45N5O9S. The van der Waals surface area contributed by atoms with Gasteiger partial charge in [-0.15, -0.1) is 0 Å². The van der Waals surface area contributed by atoms with E-state index in [1.54, 1.807) is 40.7 Å². The SMILES string of the molecule is CCC1OC(C)CCC=CC2CC2(C(=O)NS(=O)(=O)C2(C)CC2)NC(=O)C2CC(O)CN2C(=O)C1=NNC(=O)OC(C)(C)C. The Morgan fingerprint density at radius 1 is 1.27 bits per heavy atom. The third-order valence-corrected chi connectivity index (χ3v) is 10.7. The van der Waals surface area contributed by atoms with Crippen LogP contribution in [0.3, 0.4) is 0 Å². The number of nitrogens with one attached hydrogen (secondary N) is 3. The zero-order valence-corrected chi connectivity index (χ0v) is 27.0. The van der Waals surface area contributed by atoms with Gasteiger partial charge in [-0.3, -0.25) is 19.1 Å². The minimum absolute atomic E-state index is 0.118. The summed E-state index contributed by atoms with van der Waals surface area (Å²) in [5.74, 6) is -2.75. The largest absolute Gasteiger partial charge is 0.443 e. The van der Waals surface area contributed by atoms with Crippen molar-refractivity contribution in [1.29, 1.82) is 0 Å². The van der Waals surface area contributed by atoms with E-state index >= 15 is 0 Å². The van der Waals surface area contributed by atoms with Crippen molar-refractivity contribution in [2.24, 2.45) is 11.0 Å². The van der Waals surface area contributed by atoms with Gasteiger partial charge in [0.05, 0.1) is 17.0 Å². The average molecular weight is 640 g/mol. The van der Waals surface area contributed by atoms with Gasteiger partial charge >= 0.3 is 6.09 Å². The highest BCUT2D eigenvalue weighted by Gasteiger charge is 2.63. The Hall–Kier alpha value is -3.04. The summed E-state index contributed by atoms with van der Waals surface area (Å²) in [6.45, 7) is 10.0. The van der Waals surface area contributed by atoms with Crippen LogP contribution in [-0.4, -0.2) is 94.7 Å². The first kappa shape index (κ1) is 33.8. The number of amides is 4. The van der Waals surface area contributed by atoms with Gasteiger partial charge in [-0.1, -0.05) is 19.1 Å². The standard InChI is InChI=1S/C29H45N5O9S/c1-7-21-22(31-32-26(39)43-27(3,4)5)24(37)34-16-19(35)14-20(34)23(36)30-29(15-18(29)11-9-8-10-17(2)42-21)25(38)33-44(40,41)28(6)12-13-28/h9,11,17-21,35H,7-8,10,12-16H2,1-6H3,(H,30,36)(H,32,39)(H,33,38). The smallest absolute Gasteiger partial charge is 0.428 e. The lowest BCUT2D eigenvalue weighted by molar-refractivity contribution is -0.136. The lowest BCUT2D eigenvalue weighted by Crippen LogP contribution is -2.58. The fourth-order valence-electron chi connectivity index (χ4n) is 5.46. The van der Waals surface area contributed by atoms with Crippen LogP contribution in [0.15, 0.2) is 17.3 Å². The number of fused-ring (bicyclic) bond motifs is 2. The van der Waals surface area contributed by atoms with Crippen LogP contribution in [-0.2, 0) is 33.9 Å². The number of hydrogen-bond acceptors (Lipinski definition) is 10. The predicted molar refractivity (Wildman–Crippen MR) is 160 cm³/mol. The average Bonchev–Trinajstić information content (AvgIpc) is 3.79. The van der Waals surface area contributed by atoms with Gasteiger partial charge in [-0.05, 0) is 73.1 Å². The molecule has 44 heavy (non-hydrogen) atoms. The Bertz CT molecular complexity index is 1340. The van der Waals surface area contributed by atoms with Crippen molar-refractivity contribution in [2.75, 3.05) is 6.54 Å². The summed E-state index contributed by atoms with van der Waals surface area (Å²) in [7, 11) is -3.97. The van der Waals surface area contributed by atoms with Gasteiger partial charge in [0.1, 0.15) is 23.3 Å². The first-order valence-corrected chi connectivity index (χ1v) is 16.7. The number of carbonyl (C=O) groups excluding carboxylic acids is 4. The van der Waals surface area contributed by atoms with Crippen molar-refractivity contribution in [3.8, 4) is 0 Å². The van der Waals surface area contributed by atoms with E-state index in [4.69, 9.17) is 9.47 Å². The number of hydrogen-bond donors (Lipinski definition) is 4. The van der Waals surface area contributed by atoms with Gasteiger partial charge in [0, 0.05) is 18.9 Å². The van der Waals surface area contributed by atoms with Gasteiger partial charge < -0.3 is 24.8 Å². The molecule has 0 spiro atoms. The van der Waals surface area contributed by atoms with E-state index in [0.29, 0.717) is 32.1 Å². The zero-order chi connectivity index (χ0) is 32.7. The molecule has 0 bridgehead atoms. The highest BCUT2D eigenvalue weighted by Crippen LogP contribution is 2.47. The Kier molecular flexibility index (Phi) is 9.53. The van der Waals surface area contributed by atoms with Crippen LogP contribution >= 0.6 is 0 Å². The van der Waals surface area contributed by atoms with Gasteiger partial charge in [0.25, 0.3) is 11.8 Å². The maximum atomic E-state index is 14.0. The second-order valence-corrected chi connectivity index (χ2v) is 15.7. The minimum atomic E-state index is -3.97. The Labute approximate surface area is 258 Å². The van der Waals surface area contributed by atoms with E-state index in [1.165, 1.54) is 0 Å². The fraction of sp³-hybridized carbons (Fsp3) is 0.759. The maximum Gasteiger partial charge on any atom is 0.428 e. The number of ether oxygens (including phenoxy) is 2. The summed E-state index contributed by atoms with van der Waals surface area (Å²) in [5.41, 5.74) is -0.274. The van der Waals surface area contributed by atoms with Crippen LogP contribution in [0.4, 0.5) is 4.79 Å². The van der Waals surface area contributed by atoms with Crippen LogP contribution < -0.4 is 15.5 Å². The zero-order valence-electron chi connectivity index (χ0n) is 26.2. The fourth-order valence-corrected chi connectivity index (χ4v) is 6.77. The van der Waals surface area contributed by atoms with Crippen molar-refractivity contribution in [3.63, 3.8) is 0 Å². The van der Waals surface area contributed by atoms with Crippen molar-refractivity contribution in [3.05, 3.63) is 12.2 Å². The highest BCUT2D eigenvalue weighted by molar-refractivity contribution is 7.91. The molecule has 0 radical (unpaired) electrons. The molecule has 15 heteroatoms. The van der Waals surface area contributed by atoms with E-state index in [0.717, 1.165) is 4.90 Å². The molecule has 6 unspecified atom stereocenters. The molecule has 2 aliphatic carbocycles. The Morgan fingerprint density at radius 2 is 1.95 bits per heavy atom. The monoisotopic (exact) mass is 639 g/mol. The van der Waals surface area contributed by atoms with Crippen molar-refractivity contribution < 1.29 is 42.2 Å². The normalized spacial score (nSPS) is 33.3. The predicted octanol–water partition coefficient (Wildman–Crippen LogP) is 1.24. The number of allylic oxidation sites excluding steroid dienone is 1. The van der Waals surface area contributed by atoms with E-state index in [2.05, 4.69) is 20.6 Å². The summed E-state index contributed by atoms with van der Waals surface area (Å²) in [6, 6.07) is -1.20. The van der Waals surface area contributed by atoms with Gasteiger partial charge in [0.15, 0.2) is 5.71 Å². The molecule has 246 valence electrons. The molecule has 0 aromatic carbocycles. The molecular weight excluding hydrogens is 594 g/mol. The van der Waals surface area contributed by atoms with Crippen molar-refractivity contribution in [2.45, 2.75) is 127 Å². The van der Waals surface area contributed by atoms with Crippen LogP contribution in [0.2, 0.25) is 0 Å². The second kappa shape index (κ2) is 12.4. The third kappa shape index (κ3) is 7.42. The molecule has 0 aromatic heterocycles. The number of sulfonamides is 1. The molecule has 2 saturated carbocycles. The molecule has 4 rings (SSSR count). The molecule has 0 aromatic rings. The summed E-state index contributed by atoms with van der Waals surface area (Å²) in [5, 5.41) is 17.4. The summed E-state index contributed by atoms with van der Waals surface area (Å²) in [4.78, 5) is 54.8. The van der Waals surface area contributed by atoms with Gasteiger partial charge in [0.2, 0.25) is 15.9 Å². The summed E-state index contributed by atoms with van der Waals surface area (Å²) in [6.07, 6.45) is 2.83. The number of carbonyl (C=O) groups is 4. The van der Waals surface area contributed by atoms with Crippen LogP contribution in [0.5, 0.6) is 0 Å². The second-order valence-electron chi connectivity index (χ2n) is 13.5. The summed E-state index contributed by atoms with van der Waals surface area (Å²) >= 11 is 0. The first-order valence-electron chi connectivity index (χ1n) is 15.2. The molecule has 4 aliphatic rings. The minimum Gasteiger partial charge on any atom is -0.443 e. The number of aliphatic hydroxyl groups is 1. The van der Waals surface area contributed by atoms with Gasteiger partial charge in [-0.2, -0.15) is 5.10 Å². The Morgan fingerprint density at radius 3 is 2.57 bits per heavy atom. The number of aliphatic hydroxyl groups excluding tert-OH is 1. The van der Waals surface area contributed by atoms with Crippen molar-refractivity contribution >= 4 is 39.5 Å². The molecule has 1 saturated heterocycles. The highest BCUT2D eigenvalue weighted by atomic mass is 32.2. The molecule has 4 amide bonds. The number of nitrogens with zero attached hydrogens (tertiary/aromatic N) is 2. The molecule has 6 atom stereocenters. The topological polar surface area (TPSA) is 193 Å². The molecule has 3 fully saturated rings. The van der Waals surface area contributed by atoms with Crippen LogP contribution in [0, 0.1) is 5.92 Å². The number of hydrazone groups is 1. The van der Waals surface area contributed by atoms with E-state index in [1.807, 2.05) is 13.0 Å².